The Balaban J connectivity index is 2.24. The van der Waals surface area contributed by atoms with Gasteiger partial charge in [0.2, 0.25) is 0 Å². The third kappa shape index (κ3) is 3.69. The number of hydrogen-bond acceptors (Lipinski definition) is 1. The number of Topliss-reactive ketones (excluding diaryl/α,β-unsaturated/α-hetero) is 1. The van der Waals surface area contributed by atoms with Crippen molar-refractivity contribution in [3.05, 3.63) is 30.3 Å². The Hall–Kier alpha value is -0.374. The van der Waals surface area contributed by atoms with Gasteiger partial charge in [-0.15, -0.1) is 0 Å². The predicted molar refractivity (Wildman–Crippen MR) is 95.1 cm³/mol. The van der Waals surface area contributed by atoms with E-state index in [1.165, 1.54) is 29.0 Å². The fraction of sp³-hybridized carbons (Fsp3) is 0.611. The number of benzene rings is 1. The van der Waals surface area contributed by atoms with E-state index in [-0.39, 0.29) is 0 Å². The second-order valence-electron chi connectivity index (χ2n) is 6.39. The Morgan fingerprint density at radius 2 is 1.76 bits per heavy atom. The summed E-state index contributed by atoms with van der Waals surface area (Å²) in [6, 6.07) is 15.1. The van der Waals surface area contributed by atoms with Crippen molar-refractivity contribution in [3.63, 3.8) is 0 Å². The monoisotopic (exact) mass is 368 g/mol. The number of rotatable bonds is 8. The summed E-state index contributed by atoms with van der Waals surface area (Å²) in [6.45, 7) is 9.00. The van der Waals surface area contributed by atoms with E-state index in [1.54, 1.807) is 6.92 Å². The molecule has 0 radical (unpaired) electrons. The summed E-state index contributed by atoms with van der Waals surface area (Å²) in [6.07, 6.45) is 1.17. The summed E-state index contributed by atoms with van der Waals surface area (Å²) in [5.41, 5.74) is 0. The molecule has 0 bridgehead atoms. The van der Waals surface area contributed by atoms with Crippen molar-refractivity contribution in [3.8, 4) is 0 Å². The van der Waals surface area contributed by atoms with E-state index in [0.717, 1.165) is 4.44 Å². The van der Waals surface area contributed by atoms with Crippen molar-refractivity contribution in [2.45, 2.75) is 56.7 Å². The quantitative estimate of drug-likeness (QED) is 0.633. The van der Waals surface area contributed by atoms with Gasteiger partial charge in [0, 0.05) is 0 Å². The molecule has 1 unspecified atom stereocenters. The van der Waals surface area contributed by atoms with E-state index in [2.05, 4.69) is 51.1 Å². The summed E-state index contributed by atoms with van der Waals surface area (Å²) in [4.78, 5) is 11.8. The fourth-order valence-electron chi connectivity index (χ4n) is 3.68. The molecule has 1 aromatic carbocycles. The van der Waals surface area contributed by atoms with Crippen molar-refractivity contribution >= 4 is 33.3 Å². The van der Waals surface area contributed by atoms with Crippen LogP contribution in [-0.4, -0.2) is 28.8 Å². The van der Waals surface area contributed by atoms with E-state index < -0.39 is 8.07 Å². The molecular weight excluding hydrogens is 339 g/mol. The third-order valence-corrected chi connectivity index (χ3v) is 17.5. The van der Waals surface area contributed by atoms with Gasteiger partial charge in [-0.1, -0.05) is 0 Å². The van der Waals surface area contributed by atoms with Gasteiger partial charge < -0.3 is 0 Å². The van der Waals surface area contributed by atoms with E-state index in [4.69, 9.17) is 0 Å². The average Bonchev–Trinajstić information content (AvgIpc) is 3.30. The molecular formula is C18H28OSeSi. The first-order valence-electron chi connectivity index (χ1n) is 8.30. The third-order valence-electron chi connectivity index (χ3n) is 5.47. The minimum atomic E-state index is -1.24. The second-order valence-corrected chi connectivity index (χ2v) is 15.3. The van der Waals surface area contributed by atoms with E-state index in [9.17, 15) is 4.79 Å². The Morgan fingerprint density at radius 1 is 1.19 bits per heavy atom. The molecule has 0 saturated heterocycles. The first-order valence-corrected chi connectivity index (χ1v) is 12.8. The van der Waals surface area contributed by atoms with Crippen LogP contribution >= 0.6 is 0 Å². The van der Waals surface area contributed by atoms with Crippen LogP contribution in [0.2, 0.25) is 22.6 Å². The molecule has 116 valence electrons. The topological polar surface area (TPSA) is 17.1 Å². The first kappa shape index (κ1) is 17.0. The van der Waals surface area contributed by atoms with Gasteiger partial charge in [-0.3, -0.25) is 0 Å². The van der Waals surface area contributed by atoms with Crippen LogP contribution in [0.15, 0.2) is 30.3 Å². The SMILES string of the molecule is CC[Si](CC)(CC)C([Se]c1ccccc1)[C@@H]1C[C@H]1C(C)=O. The maximum atomic E-state index is 11.8. The number of carbonyl (C=O) groups excluding carboxylic acids is 1. The molecule has 3 atom stereocenters. The van der Waals surface area contributed by atoms with Crippen LogP contribution in [0.4, 0.5) is 0 Å². The van der Waals surface area contributed by atoms with Crippen LogP contribution in [0.5, 0.6) is 0 Å². The molecule has 0 N–H and O–H groups in total. The maximum absolute atomic E-state index is 11.8. The molecule has 1 aromatic rings. The number of hydrogen-bond donors (Lipinski definition) is 0. The van der Waals surface area contributed by atoms with E-state index in [0.29, 0.717) is 32.6 Å². The van der Waals surface area contributed by atoms with Gasteiger partial charge in [0.1, 0.15) is 0 Å². The molecule has 1 aliphatic rings. The molecule has 1 nitrogen and oxygen atoms in total. The zero-order chi connectivity index (χ0) is 15.5. The normalized spacial score (nSPS) is 22.9. The zero-order valence-corrected chi connectivity index (χ0v) is 16.5. The van der Waals surface area contributed by atoms with Gasteiger partial charge >= 0.3 is 137 Å². The molecule has 1 saturated carbocycles. The van der Waals surface area contributed by atoms with Crippen LogP contribution in [0.1, 0.15) is 34.1 Å². The van der Waals surface area contributed by atoms with Crippen LogP contribution < -0.4 is 4.46 Å². The Bertz CT molecular complexity index is 461. The fourth-order valence-corrected chi connectivity index (χ4v) is 15.6. The van der Waals surface area contributed by atoms with Crippen LogP contribution in [0.25, 0.3) is 0 Å². The molecule has 0 spiro atoms. The van der Waals surface area contributed by atoms with Crippen LogP contribution in [-0.2, 0) is 4.79 Å². The summed E-state index contributed by atoms with van der Waals surface area (Å²) < 4.78 is 2.37. The van der Waals surface area contributed by atoms with Gasteiger partial charge in [0.25, 0.3) is 0 Å². The van der Waals surface area contributed by atoms with Crippen molar-refractivity contribution in [2.24, 2.45) is 11.8 Å². The predicted octanol–water partition coefficient (Wildman–Crippen LogP) is 4.08. The van der Waals surface area contributed by atoms with Crippen LogP contribution in [0.3, 0.4) is 0 Å². The van der Waals surface area contributed by atoms with Gasteiger partial charge in [-0.25, -0.2) is 0 Å². The molecule has 21 heavy (non-hydrogen) atoms. The summed E-state index contributed by atoms with van der Waals surface area (Å²) in [5.74, 6) is 1.52. The Kier molecular flexibility index (Phi) is 5.87. The van der Waals surface area contributed by atoms with Crippen molar-refractivity contribution in [1.82, 2.24) is 0 Å². The molecule has 0 amide bonds. The van der Waals surface area contributed by atoms with Crippen molar-refractivity contribution < 1.29 is 4.79 Å². The number of carbonyl (C=O) groups is 1. The molecule has 1 fully saturated rings. The van der Waals surface area contributed by atoms with Crippen molar-refractivity contribution in [1.29, 1.82) is 0 Å². The van der Waals surface area contributed by atoms with Gasteiger partial charge in [-0.05, 0) is 0 Å². The summed E-state index contributed by atoms with van der Waals surface area (Å²) in [7, 11) is -1.24. The minimum absolute atomic E-state index is 0.386. The number of ketones is 1. The van der Waals surface area contributed by atoms with E-state index >= 15 is 0 Å². The zero-order valence-electron chi connectivity index (χ0n) is 13.8. The summed E-state index contributed by atoms with van der Waals surface area (Å²) >= 11 is 0.532. The molecule has 3 heteroatoms. The Labute approximate surface area is 137 Å². The molecule has 0 heterocycles. The standard InChI is InChI=1S/C18H28OSeSi/c1-5-21(6-2,7-3)18(17-13-16(17)14(4)19)20-15-11-9-8-10-12-15/h8-12,16-18H,5-7,13H2,1-4H3/t16-,17+,18?/m0/s1. The second kappa shape index (κ2) is 7.26. The molecule has 0 aliphatic heterocycles. The molecule has 1 aliphatic carbocycles. The summed E-state index contributed by atoms with van der Waals surface area (Å²) in [5, 5.41) is 0. The van der Waals surface area contributed by atoms with Crippen LogP contribution in [0, 0.1) is 11.8 Å². The molecule has 0 aromatic heterocycles. The average molecular weight is 367 g/mol. The van der Waals surface area contributed by atoms with Crippen molar-refractivity contribution in [2.75, 3.05) is 0 Å². The van der Waals surface area contributed by atoms with Gasteiger partial charge in [0.15, 0.2) is 0 Å². The van der Waals surface area contributed by atoms with E-state index in [1.807, 2.05) is 0 Å². The Morgan fingerprint density at radius 3 is 2.19 bits per heavy atom. The molecule has 2 rings (SSSR count). The van der Waals surface area contributed by atoms with Gasteiger partial charge in [0.05, 0.1) is 0 Å². The first-order chi connectivity index (χ1) is 10.1. The van der Waals surface area contributed by atoms with Gasteiger partial charge in [-0.2, -0.15) is 0 Å².